The lowest BCUT2D eigenvalue weighted by Gasteiger charge is -2.07. The van der Waals surface area contributed by atoms with E-state index in [9.17, 15) is 18.0 Å². The second-order valence-electron chi connectivity index (χ2n) is 4.77. The zero-order chi connectivity index (χ0) is 16.1. The van der Waals surface area contributed by atoms with Crippen molar-refractivity contribution in [1.29, 1.82) is 0 Å². The fraction of sp³-hybridized carbons (Fsp3) is 0.143. The topological polar surface area (TPSA) is 70.9 Å². The fourth-order valence-electron chi connectivity index (χ4n) is 2.43. The van der Waals surface area contributed by atoms with Gasteiger partial charge in [0.2, 0.25) is 0 Å². The third kappa shape index (κ3) is 2.12. The van der Waals surface area contributed by atoms with Gasteiger partial charge in [-0.25, -0.2) is 4.79 Å². The van der Waals surface area contributed by atoms with Crippen LogP contribution in [0.2, 0.25) is 0 Å². The molecule has 0 atom stereocenters. The maximum absolute atomic E-state index is 13.0. The summed E-state index contributed by atoms with van der Waals surface area (Å²) in [5, 5.41) is 13.1. The lowest BCUT2D eigenvalue weighted by molar-refractivity contribution is -0.136. The van der Waals surface area contributed by atoms with Gasteiger partial charge in [0.1, 0.15) is 0 Å². The second kappa shape index (κ2) is 4.62. The quantitative estimate of drug-likeness (QED) is 0.763. The molecule has 2 N–H and O–H groups in total. The van der Waals surface area contributed by atoms with Crippen LogP contribution in [0.5, 0.6) is 0 Å². The molecule has 3 rings (SSSR count). The molecule has 2 aromatic heterocycles. The van der Waals surface area contributed by atoms with Crippen molar-refractivity contribution in [2.24, 2.45) is 7.05 Å². The normalized spacial score (nSPS) is 12.0. The first kappa shape index (κ1) is 14.2. The third-order valence-electron chi connectivity index (χ3n) is 3.40. The molecule has 0 aliphatic carbocycles. The molecule has 1 aromatic carbocycles. The van der Waals surface area contributed by atoms with E-state index in [-0.39, 0.29) is 11.2 Å². The summed E-state index contributed by atoms with van der Waals surface area (Å²) in [6.07, 6.45) is -3.05. The zero-order valence-electron chi connectivity index (χ0n) is 11.3. The van der Waals surface area contributed by atoms with Crippen molar-refractivity contribution >= 4 is 16.9 Å². The smallest absolute Gasteiger partial charge is 0.418 e. The highest BCUT2D eigenvalue weighted by Gasteiger charge is 2.33. The number of fused-ring (bicyclic) bond motifs is 1. The van der Waals surface area contributed by atoms with Crippen molar-refractivity contribution in [2.75, 3.05) is 0 Å². The van der Waals surface area contributed by atoms with Crippen LogP contribution in [0.4, 0.5) is 13.2 Å². The molecule has 3 aromatic rings. The molecule has 2 heterocycles. The summed E-state index contributed by atoms with van der Waals surface area (Å²) in [7, 11) is 1.54. The van der Waals surface area contributed by atoms with Crippen LogP contribution in [-0.2, 0) is 13.2 Å². The van der Waals surface area contributed by atoms with E-state index in [0.29, 0.717) is 16.6 Å². The van der Waals surface area contributed by atoms with Gasteiger partial charge in [-0.1, -0.05) is 12.1 Å². The number of halogens is 3. The maximum Gasteiger partial charge on any atom is 0.418 e. The van der Waals surface area contributed by atoms with Gasteiger partial charge in [-0.3, -0.25) is 4.68 Å². The van der Waals surface area contributed by atoms with Gasteiger partial charge in [0.25, 0.3) is 0 Å². The van der Waals surface area contributed by atoms with Gasteiger partial charge in [-0.05, 0) is 12.1 Å². The van der Waals surface area contributed by atoms with Gasteiger partial charge >= 0.3 is 12.1 Å². The Morgan fingerprint density at radius 2 is 2.09 bits per heavy atom. The molecule has 0 fully saturated rings. The lowest BCUT2D eigenvalue weighted by Crippen LogP contribution is -2.05. The molecular formula is C14H10F3N3O2. The molecule has 0 amide bonds. The molecule has 22 heavy (non-hydrogen) atoms. The lowest BCUT2D eigenvalue weighted by atomic mass is 10.1. The number of hydrogen-bond acceptors (Lipinski definition) is 2. The van der Waals surface area contributed by atoms with E-state index < -0.39 is 17.7 Å². The number of aromatic amines is 1. The Balaban J connectivity index is 2.24. The number of carboxylic acids is 1. The number of H-pyrrole nitrogens is 1. The Morgan fingerprint density at radius 3 is 2.68 bits per heavy atom. The maximum atomic E-state index is 13.0. The van der Waals surface area contributed by atoms with E-state index in [0.717, 1.165) is 6.07 Å². The Labute approximate surface area is 122 Å². The highest BCUT2D eigenvalue weighted by atomic mass is 19.4. The average Bonchev–Trinajstić information content (AvgIpc) is 3.00. The number of hydrogen-bond donors (Lipinski definition) is 2. The molecule has 0 radical (unpaired) electrons. The number of carbonyl (C=O) groups is 1. The number of nitrogens with zero attached hydrogens (tertiary/aromatic N) is 2. The molecule has 114 valence electrons. The van der Waals surface area contributed by atoms with Gasteiger partial charge in [-0.15, -0.1) is 0 Å². The van der Waals surface area contributed by atoms with E-state index in [2.05, 4.69) is 10.1 Å². The Hall–Kier alpha value is -2.77. The number of alkyl halides is 3. The standard InChI is InChI=1S/C14H10F3N3O2/c1-20-11(5-10(19-20)13(21)22)8-6-18-12-7(8)3-2-4-9(12)14(15,16)17/h2-6,18H,1H3,(H,21,22). The first-order chi connectivity index (χ1) is 10.3. The fourth-order valence-corrected chi connectivity index (χ4v) is 2.43. The Kier molecular flexibility index (Phi) is 2.98. The van der Waals surface area contributed by atoms with E-state index in [1.165, 1.54) is 30.1 Å². The van der Waals surface area contributed by atoms with Crippen LogP contribution >= 0.6 is 0 Å². The summed E-state index contributed by atoms with van der Waals surface area (Å²) in [6, 6.07) is 5.18. The Bertz CT molecular complexity index is 877. The molecule has 0 aliphatic rings. The largest absolute Gasteiger partial charge is 0.476 e. The van der Waals surface area contributed by atoms with Crippen LogP contribution in [0.15, 0.2) is 30.5 Å². The van der Waals surface area contributed by atoms with Crippen molar-refractivity contribution < 1.29 is 23.1 Å². The predicted octanol–water partition coefficient (Wildman–Crippen LogP) is 3.29. The minimum Gasteiger partial charge on any atom is -0.476 e. The van der Waals surface area contributed by atoms with Crippen LogP contribution in [0, 0.1) is 0 Å². The number of para-hydroxylation sites is 1. The van der Waals surface area contributed by atoms with Gasteiger partial charge in [0.15, 0.2) is 5.69 Å². The van der Waals surface area contributed by atoms with Gasteiger partial charge in [-0.2, -0.15) is 18.3 Å². The number of aromatic carboxylic acids is 1. The summed E-state index contributed by atoms with van der Waals surface area (Å²) in [5.74, 6) is -1.20. The number of rotatable bonds is 2. The van der Waals surface area contributed by atoms with Crippen molar-refractivity contribution in [3.8, 4) is 11.3 Å². The first-order valence-electron chi connectivity index (χ1n) is 6.24. The van der Waals surface area contributed by atoms with E-state index in [1.54, 1.807) is 6.07 Å². The van der Waals surface area contributed by atoms with Crippen molar-refractivity contribution in [2.45, 2.75) is 6.18 Å². The van der Waals surface area contributed by atoms with Crippen LogP contribution < -0.4 is 0 Å². The van der Waals surface area contributed by atoms with Crippen LogP contribution in [0.3, 0.4) is 0 Å². The molecule has 0 spiro atoms. The number of nitrogens with one attached hydrogen (secondary N) is 1. The number of aromatic nitrogens is 3. The molecule has 0 unspecified atom stereocenters. The van der Waals surface area contributed by atoms with Crippen molar-refractivity contribution in [3.63, 3.8) is 0 Å². The third-order valence-corrected chi connectivity index (χ3v) is 3.40. The molecule has 0 aliphatic heterocycles. The van der Waals surface area contributed by atoms with Gasteiger partial charge in [0, 0.05) is 24.2 Å². The van der Waals surface area contributed by atoms with E-state index in [1.807, 2.05) is 0 Å². The zero-order valence-corrected chi connectivity index (χ0v) is 11.3. The highest BCUT2D eigenvalue weighted by molar-refractivity contribution is 5.97. The van der Waals surface area contributed by atoms with Gasteiger partial charge < -0.3 is 10.1 Å². The molecule has 0 bridgehead atoms. The first-order valence-corrected chi connectivity index (χ1v) is 6.24. The monoisotopic (exact) mass is 309 g/mol. The van der Waals surface area contributed by atoms with Crippen LogP contribution in [-0.4, -0.2) is 25.8 Å². The molecular weight excluding hydrogens is 299 g/mol. The minimum atomic E-state index is -4.47. The Morgan fingerprint density at radius 1 is 1.36 bits per heavy atom. The summed E-state index contributed by atoms with van der Waals surface area (Å²) < 4.78 is 40.3. The van der Waals surface area contributed by atoms with Crippen molar-refractivity contribution in [3.05, 3.63) is 41.7 Å². The predicted molar refractivity (Wildman–Crippen MR) is 72.5 cm³/mol. The van der Waals surface area contributed by atoms with E-state index >= 15 is 0 Å². The van der Waals surface area contributed by atoms with Gasteiger partial charge in [0.05, 0.1) is 16.8 Å². The molecule has 0 saturated carbocycles. The highest BCUT2D eigenvalue weighted by Crippen LogP contribution is 2.37. The summed E-state index contributed by atoms with van der Waals surface area (Å²) in [4.78, 5) is 13.6. The second-order valence-corrected chi connectivity index (χ2v) is 4.77. The number of carboxylic acid groups (broad SMARTS) is 1. The van der Waals surface area contributed by atoms with Crippen LogP contribution in [0.1, 0.15) is 16.1 Å². The summed E-state index contributed by atoms with van der Waals surface area (Å²) in [6.45, 7) is 0. The van der Waals surface area contributed by atoms with E-state index in [4.69, 9.17) is 5.11 Å². The SMILES string of the molecule is Cn1nc(C(=O)O)cc1-c1c[nH]c2c(C(F)(F)F)cccc12. The van der Waals surface area contributed by atoms with Crippen LogP contribution in [0.25, 0.3) is 22.2 Å². The number of aryl methyl sites for hydroxylation is 1. The molecule has 5 nitrogen and oxygen atoms in total. The minimum absolute atomic E-state index is 0.0388. The molecule has 0 saturated heterocycles. The average molecular weight is 309 g/mol. The summed E-state index contributed by atoms with van der Waals surface area (Å²) in [5.41, 5.74) is -0.0923. The number of benzene rings is 1. The summed E-state index contributed by atoms with van der Waals surface area (Å²) >= 11 is 0. The van der Waals surface area contributed by atoms with Crippen molar-refractivity contribution in [1.82, 2.24) is 14.8 Å². The molecule has 8 heteroatoms.